The maximum absolute atomic E-state index is 12.0. The molecule has 0 saturated heterocycles. The van der Waals surface area contributed by atoms with Gasteiger partial charge in [0.25, 0.3) is 0 Å². The highest BCUT2D eigenvalue weighted by Gasteiger charge is 2.14. The maximum atomic E-state index is 12.0. The Morgan fingerprint density at radius 1 is 1.42 bits per heavy atom. The van der Waals surface area contributed by atoms with E-state index in [0.717, 1.165) is 0 Å². The zero-order valence-corrected chi connectivity index (χ0v) is 11.8. The minimum atomic E-state index is -0.0633. The van der Waals surface area contributed by atoms with Crippen molar-refractivity contribution in [3.8, 4) is 5.75 Å². The summed E-state index contributed by atoms with van der Waals surface area (Å²) in [4.78, 5) is 14.1. The van der Waals surface area contributed by atoms with Gasteiger partial charge in [-0.2, -0.15) is 0 Å². The van der Waals surface area contributed by atoms with Gasteiger partial charge in [-0.05, 0) is 26.0 Å². The van der Waals surface area contributed by atoms with Gasteiger partial charge in [0.2, 0.25) is 5.91 Å². The average molecular weight is 265 g/mol. The summed E-state index contributed by atoms with van der Waals surface area (Å²) in [6.45, 7) is 5.67. The van der Waals surface area contributed by atoms with Crippen molar-refractivity contribution in [3.63, 3.8) is 0 Å². The van der Waals surface area contributed by atoms with E-state index in [1.165, 1.54) is 0 Å². The largest absolute Gasteiger partial charge is 0.495 e. The molecule has 0 atom stereocenters. The summed E-state index contributed by atoms with van der Waals surface area (Å²) in [5.74, 6) is 0.595. The second-order valence-electron chi connectivity index (χ2n) is 4.60. The molecule has 0 heterocycles. The Balaban J connectivity index is 2.63. The lowest BCUT2D eigenvalue weighted by molar-refractivity contribution is -0.117. The van der Waals surface area contributed by atoms with Gasteiger partial charge in [-0.1, -0.05) is 12.1 Å². The average Bonchev–Trinajstić information content (AvgIpc) is 2.38. The van der Waals surface area contributed by atoms with Crippen LogP contribution < -0.4 is 15.8 Å². The van der Waals surface area contributed by atoms with E-state index in [-0.39, 0.29) is 11.9 Å². The number of anilines is 1. The van der Waals surface area contributed by atoms with Gasteiger partial charge >= 0.3 is 0 Å². The Labute approximate surface area is 114 Å². The Bertz CT molecular complexity index is 407. The zero-order valence-electron chi connectivity index (χ0n) is 11.8. The van der Waals surface area contributed by atoms with E-state index < -0.39 is 0 Å². The molecule has 0 aromatic heterocycles. The van der Waals surface area contributed by atoms with Gasteiger partial charge in [0.05, 0.1) is 19.3 Å². The molecular weight excluding hydrogens is 242 g/mol. The Morgan fingerprint density at radius 3 is 2.68 bits per heavy atom. The van der Waals surface area contributed by atoms with Gasteiger partial charge in [0, 0.05) is 19.1 Å². The summed E-state index contributed by atoms with van der Waals surface area (Å²) in [7, 11) is 1.58. The fraction of sp³-hybridized carbons (Fsp3) is 0.500. The highest BCUT2D eigenvalue weighted by molar-refractivity contribution is 5.93. The van der Waals surface area contributed by atoms with Crippen LogP contribution in [0.3, 0.4) is 0 Å². The van der Waals surface area contributed by atoms with Crippen LogP contribution in [-0.2, 0) is 4.79 Å². The predicted octanol–water partition coefficient (Wildman–Crippen LogP) is 1.30. The fourth-order valence-corrected chi connectivity index (χ4v) is 1.81. The van der Waals surface area contributed by atoms with Gasteiger partial charge in [0.15, 0.2) is 0 Å². The minimum Gasteiger partial charge on any atom is -0.495 e. The standard InChI is InChI=1S/C14H23N3O2/c1-11(2)17(9-8-15)10-14(18)16-12-6-4-5-7-13(12)19-3/h4-7,11H,8-10,15H2,1-3H3,(H,16,18). The molecule has 0 aliphatic heterocycles. The lowest BCUT2D eigenvalue weighted by Crippen LogP contribution is -2.40. The van der Waals surface area contributed by atoms with Gasteiger partial charge in [0.1, 0.15) is 5.75 Å². The maximum Gasteiger partial charge on any atom is 0.238 e. The summed E-state index contributed by atoms with van der Waals surface area (Å²) >= 11 is 0. The van der Waals surface area contributed by atoms with Crippen LogP contribution in [0, 0.1) is 0 Å². The van der Waals surface area contributed by atoms with Gasteiger partial charge in [-0.15, -0.1) is 0 Å². The zero-order chi connectivity index (χ0) is 14.3. The van der Waals surface area contributed by atoms with E-state index in [1.807, 2.05) is 43.0 Å². The molecule has 0 fully saturated rings. The summed E-state index contributed by atoms with van der Waals surface area (Å²) in [5, 5.41) is 2.86. The number of nitrogens with one attached hydrogen (secondary N) is 1. The molecule has 0 spiro atoms. The molecule has 0 aliphatic rings. The molecule has 5 heteroatoms. The van der Waals surface area contributed by atoms with Crippen molar-refractivity contribution in [1.82, 2.24) is 4.90 Å². The molecular formula is C14H23N3O2. The van der Waals surface area contributed by atoms with Crippen molar-refractivity contribution in [1.29, 1.82) is 0 Å². The Kier molecular flexibility index (Phi) is 6.32. The minimum absolute atomic E-state index is 0.0633. The van der Waals surface area contributed by atoms with E-state index in [2.05, 4.69) is 5.32 Å². The Morgan fingerprint density at radius 2 is 2.11 bits per heavy atom. The molecule has 19 heavy (non-hydrogen) atoms. The van der Waals surface area contributed by atoms with Crippen LogP contribution in [-0.4, -0.2) is 43.6 Å². The molecule has 0 aliphatic carbocycles. The van der Waals surface area contributed by atoms with Crippen molar-refractivity contribution in [2.45, 2.75) is 19.9 Å². The smallest absolute Gasteiger partial charge is 0.238 e. The van der Waals surface area contributed by atoms with Crippen LogP contribution in [0.5, 0.6) is 5.75 Å². The SMILES string of the molecule is COc1ccccc1NC(=O)CN(CCN)C(C)C. The molecule has 1 amide bonds. The first-order valence-corrected chi connectivity index (χ1v) is 6.45. The number of amides is 1. The monoisotopic (exact) mass is 265 g/mol. The van der Waals surface area contributed by atoms with Crippen LogP contribution in [0.2, 0.25) is 0 Å². The van der Waals surface area contributed by atoms with E-state index in [0.29, 0.717) is 31.1 Å². The van der Waals surface area contributed by atoms with Crippen LogP contribution in [0.25, 0.3) is 0 Å². The highest BCUT2D eigenvalue weighted by Crippen LogP contribution is 2.22. The van der Waals surface area contributed by atoms with Gasteiger partial charge < -0.3 is 15.8 Å². The summed E-state index contributed by atoms with van der Waals surface area (Å²) in [5.41, 5.74) is 6.23. The molecule has 0 radical (unpaired) electrons. The normalized spacial score (nSPS) is 10.8. The number of hydrogen-bond donors (Lipinski definition) is 2. The molecule has 1 aromatic carbocycles. The molecule has 0 unspecified atom stereocenters. The second kappa shape index (κ2) is 7.76. The number of para-hydroxylation sites is 2. The van der Waals surface area contributed by atoms with Crippen LogP contribution in [0.4, 0.5) is 5.69 Å². The predicted molar refractivity (Wildman–Crippen MR) is 77.4 cm³/mol. The third-order valence-electron chi connectivity index (χ3n) is 2.87. The molecule has 1 aromatic rings. The number of rotatable bonds is 7. The summed E-state index contributed by atoms with van der Waals surface area (Å²) in [6.07, 6.45) is 0. The first-order chi connectivity index (χ1) is 9.08. The molecule has 0 bridgehead atoms. The first-order valence-electron chi connectivity index (χ1n) is 6.45. The molecule has 5 nitrogen and oxygen atoms in total. The fourth-order valence-electron chi connectivity index (χ4n) is 1.81. The number of carbonyl (C=O) groups is 1. The number of ether oxygens (including phenoxy) is 1. The van der Waals surface area contributed by atoms with Crippen molar-refractivity contribution in [2.75, 3.05) is 32.1 Å². The molecule has 0 saturated carbocycles. The van der Waals surface area contributed by atoms with E-state index in [4.69, 9.17) is 10.5 Å². The number of benzene rings is 1. The number of hydrogen-bond acceptors (Lipinski definition) is 4. The lowest BCUT2D eigenvalue weighted by atomic mass is 10.2. The van der Waals surface area contributed by atoms with Crippen LogP contribution in [0.15, 0.2) is 24.3 Å². The molecule has 1 rings (SSSR count). The number of carbonyl (C=O) groups excluding carboxylic acids is 1. The third kappa shape index (κ3) is 4.89. The molecule has 106 valence electrons. The Hall–Kier alpha value is -1.59. The lowest BCUT2D eigenvalue weighted by Gasteiger charge is -2.25. The summed E-state index contributed by atoms with van der Waals surface area (Å²) < 4.78 is 5.20. The van der Waals surface area contributed by atoms with Gasteiger partial charge in [-0.3, -0.25) is 9.69 Å². The highest BCUT2D eigenvalue weighted by atomic mass is 16.5. The first kappa shape index (κ1) is 15.5. The number of nitrogens with two attached hydrogens (primary N) is 1. The van der Waals surface area contributed by atoms with Crippen molar-refractivity contribution < 1.29 is 9.53 Å². The van der Waals surface area contributed by atoms with E-state index in [9.17, 15) is 4.79 Å². The van der Waals surface area contributed by atoms with Crippen molar-refractivity contribution in [3.05, 3.63) is 24.3 Å². The van der Waals surface area contributed by atoms with E-state index in [1.54, 1.807) is 7.11 Å². The topological polar surface area (TPSA) is 67.6 Å². The quantitative estimate of drug-likeness (QED) is 0.780. The van der Waals surface area contributed by atoms with E-state index >= 15 is 0 Å². The van der Waals surface area contributed by atoms with Crippen molar-refractivity contribution in [2.24, 2.45) is 5.73 Å². The van der Waals surface area contributed by atoms with Gasteiger partial charge in [-0.25, -0.2) is 0 Å². The second-order valence-corrected chi connectivity index (χ2v) is 4.60. The van der Waals surface area contributed by atoms with Crippen LogP contribution in [0.1, 0.15) is 13.8 Å². The third-order valence-corrected chi connectivity index (χ3v) is 2.87. The number of nitrogens with zero attached hydrogens (tertiary/aromatic N) is 1. The van der Waals surface area contributed by atoms with Crippen LogP contribution >= 0.6 is 0 Å². The molecule has 3 N–H and O–H groups in total. The van der Waals surface area contributed by atoms with Crippen molar-refractivity contribution >= 4 is 11.6 Å². The summed E-state index contributed by atoms with van der Waals surface area (Å²) in [6, 6.07) is 7.64. The number of methoxy groups -OCH3 is 1.